The topological polar surface area (TPSA) is 35.2 Å². The molecule has 2 nitrogen and oxygen atoms in total. The van der Waals surface area contributed by atoms with Gasteiger partial charge in [-0.25, -0.2) is 0 Å². The van der Waals surface area contributed by atoms with Crippen molar-refractivity contribution in [2.24, 2.45) is 5.73 Å². The van der Waals surface area contributed by atoms with Gasteiger partial charge in [0.05, 0.1) is 0 Å². The lowest BCUT2D eigenvalue weighted by Crippen LogP contribution is -2.15. The summed E-state index contributed by atoms with van der Waals surface area (Å²) in [7, 11) is 0. The van der Waals surface area contributed by atoms with Crippen LogP contribution in [0.15, 0.2) is 42.5 Å². The standard InChI is InChI=1S/C11H9NOS/c12-11(14)13-10-6-5-8-3-1-2-4-9(8)7-10/h1-7H,(H2,12,14). The Labute approximate surface area is 87.3 Å². The van der Waals surface area contributed by atoms with Gasteiger partial charge in [-0.05, 0) is 35.1 Å². The molecule has 0 bridgehead atoms. The van der Waals surface area contributed by atoms with Gasteiger partial charge >= 0.3 is 0 Å². The van der Waals surface area contributed by atoms with Crippen molar-refractivity contribution in [1.82, 2.24) is 0 Å². The Hall–Kier alpha value is -1.61. The second-order valence-corrected chi connectivity index (χ2v) is 3.33. The van der Waals surface area contributed by atoms with Crippen molar-refractivity contribution in [1.29, 1.82) is 0 Å². The van der Waals surface area contributed by atoms with Crippen molar-refractivity contribution in [2.45, 2.75) is 0 Å². The van der Waals surface area contributed by atoms with Gasteiger partial charge in [-0.2, -0.15) is 0 Å². The minimum Gasteiger partial charge on any atom is -0.432 e. The summed E-state index contributed by atoms with van der Waals surface area (Å²) >= 11 is 4.66. The first-order chi connectivity index (χ1) is 6.75. The summed E-state index contributed by atoms with van der Waals surface area (Å²) in [5, 5.41) is 2.32. The average molecular weight is 203 g/mol. The van der Waals surface area contributed by atoms with E-state index in [9.17, 15) is 0 Å². The van der Waals surface area contributed by atoms with E-state index in [2.05, 4.69) is 12.2 Å². The highest BCUT2D eigenvalue weighted by Gasteiger charge is 1.97. The Kier molecular flexibility index (Phi) is 2.33. The predicted molar refractivity (Wildman–Crippen MR) is 61.4 cm³/mol. The van der Waals surface area contributed by atoms with Crippen LogP contribution in [0.3, 0.4) is 0 Å². The highest BCUT2D eigenvalue weighted by Crippen LogP contribution is 2.20. The van der Waals surface area contributed by atoms with Crippen molar-refractivity contribution in [2.75, 3.05) is 0 Å². The minimum absolute atomic E-state index is 0.0419. The number of hydrogen-bond acceptors (Lipinski definition) is 2. The molecule has 0 unspecified atom stereocenters. The molecule has 0 amide bonds. The maximum atomic E-state index is 5.28. The smallest absolute Gasteiger partial charge is 0.259 e. The summed E-state index contributed by atoms with van der Waals surface area (Å²) < 4.78 is 5.13. The third-order valence-electron chi connectivity index (χ3n) is 1.94. The molecule has 0 fully saturated rings. The molecule has 0 saturated carbocycles. The van der Waals surface area contributed by atoms with Crippen molar-refractivity contribution < 1.29 is 4.74 Å². The van der Waals surface area contributed by atoms with E-state index in [0.717, 1.165) is 5.39 Å². The molecule has 2 aromatic carbocycles. The number of nitrogens with two attached hydrogens (primary N) is 1. The number of rotatable bonds is 1. The Morgan fingerprint density at radius 1 is 1.07 bits per heavy atom. The van der Waals surface area contributed by atoms with Crippen molar-refractivity contribution in [3.8, 4) is 5.75 Å². The molecule has 0 radical (unpaired) electrons. The van der Waals surface area contributed by atoms with Gasteiger partial charge in [0, 0.05) is 0 Å². The molecule has 0 atom stereocenters. The number of fused-ring (bicyclic) bond motifs is 1. The fraction of sp³-hybridized carbons (Fsp3) is 0. The Morgan fingerprint density at radius 3 is 2.50 bits per heavy atom. The van der Waals surface area contributed by atoms with E-state index in [4.69, 9.17) is 10.5 Å². The van der Waals surface area contributed by atoms with Gasteiger partial charge in [0.2, 0.25) is 0 Å². The fourth-order valence-electron chi connectivity index (χ4n) is 1.35. The molecular weight excluding hydrogens is 194 g/mol. The second-order valence-electron chi connectivity index (χ2n) is 2.93. The van der Waals surface area contributed by atoms with Gasteiger partial charge in [0.1, 0.15) is 5.75 Å². The highest BCUT2D eigenvalue weighted by atomic mass is 32.1. The van der Waals surface area contributed by atoms with Crippen LogP contribution in [-0.4, -0.2) is 5.17 Å². The molecule has 2 rings (SSSR count). The molecule has 0 aliphatic carbocycles. The van der Waals surface area contributed by atoms with Crippen LogP contribution in [0.2, 0.25) is 0 Å². The largest absolute Gasteiger partial charge is 0.432 e. The summed E-state index contributed by atoms with van der Waals surface area (Å²) in [4.78, 5) is 0. The molecule has 0 aliphatic heterocycles. The summed E-state index contributed by atoms with van der Waals surface area (Å²) in [5.41, 5.74) is 5.28. The quantitative estimate of drug-likeness (QED) is 0.723. The zero-order valence-corrected chi connectivity index (χ0v) is 8.25. The SMILES string of the molecule is NC(=S)Oc1ccc2ccccc2c1. The zero-order valence-electron chi connectivity index (χ0n) is 7.44. The van der Waals surface area contributed by atoms with Gasteiger partial charge in [0.25, 0.3) is 5.17 Å². The first kappa shape index (κ1) is 8.97. The molecule has 0 spiro atoms. The van der Waals surface area contributed by atoms with E-state index < -0.39 is 0 Å². The molecule has 3 heteroatoms. The molecule has 0 saturated heterocycles. The Bertz CT molecular complexity index is 481. The minimum atomic E-state index is 0.0419. The molecule has 0 heterocycles. The van der Waals surface area contributed by atoms with Crippen LogP contribution in [0.25, 0.3) is 10.8 Å². The molecule has 14 heavy (non-hydrogen) atoms. The van der Waals surface area contributed by atoms with Gasteiger partial charge in [-0.3, -0.25) is 0 Å². The van der Waals surface area contributed by atoms with Crippen molar-refractivity contribution in [3.63, 3.8) is 0 Å². The first-order valence-corrected chi connectivity index (χ1v) is 4.62. The number of hydrogen-bond donors (Lipinski definition) is 1. The lowest BCUT2D eigenvalue weighted by atomic mass is 10.1. The molecular formula is C11H9NOS. The van der Waals surface area contributed by atoms with E-state index in [1.165, 1.54) is 5.39 Å². The molecule has 2 aromatic rings. The van der Waals surface area contributed by atoms with Crippen LogP contribution in [0.4, 0.5) is 0 Å². The summed E-state index contributed by atoms with van der Waals surface area (Å²) in [6.07, 6.45) is 0. The van der Waals surface area contributed by atoms with Crippen LogP contribution >= 0.6 is 12.2 Å². The van der Waals surface area contributed by atoms with Crippen LogP contribution in [0.5, 0.6) is 5.75 Å². The molecule has 0 aliphatic rings. The Morgan fingerprint density at radius 2 is 1.79 bits per heavy atom. The van der Waals surface area contributed by atoms with Crippen LogP contribution < -0.4 is 10.5 Å². The van der Waals surface area contributed by atoms with Crippen LogP contribution in [0.1, 0.15) is 0 Å². The van der Waals surface area contributed by atoms with Gasteiger partial charge < -0.3 is 10.5 Å². The first-order valence-electron chi connectivity index (χ1n) is 4.22. The second kappa shape index (κ2) is 3.64. The lowest BCUT2D eigenvalue weighted by molar-refractivity contribution is 0.558. The van der Waals surface area contributed by atoms with E-state index in [1.54, 1.807) is 0 Å². The third-order valence-corrected chi connectivity index (χ3v) is 2.02. The predicted octanol–water partition coefficient (Wildman–Crippen LogP) is 2.46. The van der Waals surface area contributed by atoms with Gasteiger partial charge in [-0.15, -0.1) is 0 Å². The zero-order chi connectivity index (χ0) is 9.97. The summed E-state index contributed by atoms with van der Waals surface area (Å²) in [6, 6.07) is 13.8. The molecule has 2 N–H and O–H groups in total. The van der Waals surface area contributed by atoms with Crippen molar-refractivity contribution >= 4 is 28.2 Å². The average Bonchev–Trinajstić information content (AvgIpc) is 2.17. The lowest BCUT2D eigenvalue weighted by Gasteiger charge is -2.03. The van der Waals surface area contributed by atoms with Crippen molar-refractivity contribution in [3.05, 3.63) is 42.5 Å². The van der Waals surface area contributed by atoms with E-state index in [-0.39, 0.29) is 5.17 Å². The third kappa shape index (κ3) is 1.83. The Balaban J connectivity index is 2.46. The van der Waals surface area contributed by atoms with Crippen LogP contribution in [-0.2, 0) is 0 Å². The molecule has 70 valence electrons. The van der Waals surface area contributed by atoms with Crippen LogP contribution in [0, 0.1) is 0 Å². The van der Waals surface area contributed by atoms with E-state index >= 15 is 0 Å². The number of ether oxygens (including phenoxy) is 1. The molecule has 0 aromatic heterocycles. The monoisotopic (exact) mass is 203 g/mol. The van der Waals surface area contributed by atoms with E-state index in [0.29, 0.717) is 5.75 Å². The summed E-state index contributed by atoms with van der Waals surface area (Å²) in [5.74, 6) is 0.677. The number of benzene rings is 2. The van der Waals surface area contributed by atoms with E-state index in [1.807, 2.05) is 42.5 Å². The maximum absolute atomic E-state index is 5.28. The number of thiocarbonyl (C=S) groups is 1. The van der Waals surface area contributed by atoms with Gasteiger partial charge in [0.15, 0.2) is 0 Å². The van der Waals surface area contributed by atoms with Gasteiger partial charge in [-0.1, -0.05) is 30.3 Å². The maximum Gasteiger partial charge on any atom is 0.259 e. The normalized spacial score (nSPS) is 10.0. The fourth-order valence-corrected chi connectivity index (χ4v) is 1.44. The highest BCUT2D eigenvalue weighted by molar-refractivity contribution is 7.80. The summed E-state index contributed by atoms with van der Waals surface area (Å²) in [6.45, 7) is 0.